The van der Waals surface area contributed by atoms with Crippen molar-refractivity contribution in [2.75, 3.05) is 5.32 Å². The van der Waals surface area contributed by atoms with Crippen molar-refractivity contribution >= 4 is 5.82 Å². The van der Waals surface area contributed by atoms with Gasteiger partial charge in [-0.1, -0.05) is 18.2 Å². The van der Waals surface area contributed by atoms with E-state index in [4.69, 9.17) is 9.97 Å². The molecule has 4 aromatic rings. The maximum absolute atomic E-state index is 4.86. The van der Waals surface area contributed by atoms with Gasteiger partial charge >= 0.3 is 0 Å². The second-order valence-electron chi connectivity index (χ2n) is 7.29. The number of para-hydroxylation sites is 1. The van der Waals surface area contributed by atoms with Crippen molar-refractivity contribution in [3.63, 3.8) is 0 Å². The summed E-state index contributed by atoms with van der Waals surface area (Å²) >= 11 is 0. The molecule has 3 aromatic heterocycles. The molecule has 0 unspecified atom stereocenters. The number of aryl methyl sites for hydroxylation is 2. The van der Waals surface area contributed by atoms with Gasteiger partial charge in [0.1, 0.15) is 5.82 Å². The van der Waals surface area contributed by atoms with Gasteiger partial charge in [-0.05, 0) is 56.0 Å². The van der Waals surface area contributed by atoms with Crippen LogP contribution in [0.15, 0.2) is 61.1 Å². The molecule has 0 bridgehead atoms. The molecule has 0 amide bonds. The van der Waals surface area contributed by atoms with Crippen LogP contribution in [0.25, 0.3) is 17.1 Å². The van der Waals surface area contributed by atoms with Crippen LogP contribution in [0.5, 0.6) is 0 Å². The van der Waals surface area contributed by atoms with Crippen molar-refractivity contribution in [3.8, 4) is 17.1 Å². The summed E-state index contributed by atoms with van der Waals surface area (Å²) in [5, 5.41) is 8.15. The van der Waals surface area contributed by atoms with Gasteiger partial charge in [0.05, 0.1) is 11.4 Å². The number of anilines is 1. The van der Waals surface area contributed by atoms with E-state index >= 15 is 0 Å². The first-order valence-electron chi connectivity index (χ1n) is 9.92. The highest BCUT2D eigenvalue weighted by Gasteiger charge is 2.20. The molecule has 5 rings (SSSR count). The van der Waals surface area contributed by atoms with Crippen LogP contribution in [0.3, 0.4) is 0 Å². The molecule has 29 heavy (non-hydrogen) atoms. The molecule has 6 nitrogen and oxygen atoms in total. The fourth-order valence-corrected chi connectivity index (χ4v) is 3.82. The molecule has 0 fully saturated rings. The number of benzene rings is 1. The highest BCUT2D eigenvalue weighted by atomic mass is 15.3. The van der Waals surface area contributed by atoms with E-state index in [1.54, 1.807) is 12.4 Å². The Balaban J connectivity index is 1.47. The average molecular weight is 382 g/mol. The van der Waals surface area contributed by atoms with Crippen LogP contribution >= 0.6 is 0 Å². The lowest BCUT2D eigenvalue weighted by atomic mass is 10.1. The highest BCUT2D eigenvalue weighted by molar-refractivity contribution is 5.60. The largest absolute Gasteiger partial charge is 0.366 e. The molecule has 0 aliphatic heterocycles. The van der Waals surface area contributed by atoms with Crippen LogP contribution in [-0.4, -0.2) is 24.7 Å². The maximum Gasteiger partial charge on any atom is 0.161 e. The summed E-state index contributed by atoms with van der Waals surface area (Å²) in [6.07, 6.45) is 8.71. The number of hydrogen-bond acceptors (Lipinski definition) is 5. The average Bonchev–Trinajstić information content (AvgIpc) is 3.41. The van der Waals surface area contributed by atoms with E-state index < -0.39 is 0 Å². The molecule has 1 aliphatic rings. The Kier molecular flexibility index (Phi) is 4.52. The molecule has 0 atom stereocenters. The van der Waals surface area contributed by atoms with Gasteiger partial charge in [-0.2, -0.15) is 5.10 Å². The van der Waals surface area contributed by atoms with Gasteiger partial charge in [0.15, 0.2) is 5.82 Å². The SMILES string of the molecule is Cc1ccn(-c2ccccc2CNc2nc(-c3ccncc3)nc3c2CCC3)n1. The summed E-state index contributed by atoms with van der Waals surface area (Å²) in [6, 6.07) is 14.2. The fraction of sp³-hybridized carbons (Fsp3) is 0.217. The van der Waals surface area contributed by atoms with Crippen molar-refractivity contribution in [2.45, 2.75) is 32.7 Å². The van der Waals surface area contributed by atoms with E-state index in [0.717, 1.165) is 53.5 Å². The number of nitrogens with zero attached hydrogens (tertiary/aromatic N) is 5. The highest BCUT2D eigenvalue weighted by Crippen LogP contribution is 2.29. The molecule has 1 aliphatic carbocycles. The first kappa shape index (κ1) is 17.6. The molecule has 144 valence electrons. The number of aromatic nitrogens is 5. The van der Waals surface area contributed by atoms with E-state index in [0.29, 0.717) is 6.54 Å². The van der Waals surface area contributed by atoms with Gasteiger partial charge in [-0.15, -0.1) is 0 Å². The topological polar surface area (TPSA) is 68.5 Å². The van der Waals surface area contributed by atoms with Crippen molar-refractivity contribution in [1.82, 2.24) is 24.7 Å². The summed E-state index contributed by atoms with van der Waals surface area (Å²) in [4.78, 5) is 13.8. The number of hydrogen-bond donors (Lipinski definition) is 1. The molecule has 6 heteroatoms. The fourth-order valence-electron chi connectivity index (χ4n) is 3.82. The Morgan fingerprint density at radius 1 is 1.00 bits per heavy atom. The van der Waals surface area contributed by atoms with E-state index in [-0.39, 0.29) is 0 Å². The lowest BCUT2D eigenvalue weighted by Crippen LogP contribution is -2.10. The Labute approximate surface area is 169 Å². The summed E-state index contributed by atoms with van der Waals surface area (Å²) < 4.78 is 1.93. The van der Waals surface area contributed by atoms with Crippen LogP contribution in [0.1, 0.15) is 28.9 Å². The Morgan fingerprint density at radius 3 is 2.69 bits per heavy atom. The molecule has 0 saturated carbocycles. The minimum Gasteiger partial charge on any atom is -0.366 e. The van der Waals surface area contributed by atoms with Crippen molar-refractivity contribution < 1.29 is 0 Å². The summed E-state index contributed by atoms with van der Waals surface area (Å²) in [5.74, 6) is 1.69. The van der Waals surface area contributed by atoms with Gasteiger partial charge in [-0.3, -0.25) is 4.98 Å². The Hall–Kier alpha value is -3.54. The lowest BCUT2D eigenvalue weighted by molar-refractivity contribution is 0.847. The standard InChI is InChI=1S/C23H22N6/c1-16-11-14-29(28-16)21-8-3-2-5-18(21)15-25-23-19-6-4-7-20(19)26-22(27-23)17-9-12-24-13-10-17/h2-3,5,8-14H,4,6-7,15H2,1H3,(H,25,26,27). The number of fused-ring (bicyclic) bond motifs is 1. The lowest BCUT2D eigenvalue weighted by Gasteiger charge is -2.14. The number of rotatable bonds is 5. The second kappa shape index (κ2) is 7.47. The van der Waals surface area contributed by atoms with Crippen molar-refractivity contribution in [1.29, 1.82) is 0 Å². The number of pyridine rings is 1. The van der Waals surface area contributed by atoms with Crippen LogP contribution in [0, 0.1) is 6.92 Å². The van der Waals surface area contributed by atoms with Crippen molar-refractivity contribution in [2.24, 2.45) is 0 Å². The zero-order valence-corrected chi connectivity index (χ0v) is 16.3. The van der Waals surface area contributed by atoms with Gasteiger partial charge in [0.25, 0.3) is 0 Å². The smallest absolute Gasteiger partial charge is 0.161 e. The molecule has 0 radical (unpaired) electrons. The van der Waals surface area contributed by atoms with Gasteiger partial charge in [-0.25, -0.2) is 14.6 Å². The minimum atomic E-state index is 0.675. The zero-order chi connectivity index (χ0) is 19.6. The molecule has 1 aromatic carbocycles. The Morgan fingerprint density at radius 2 is 1.86 bits per heavy atom. The Bertz CT molecular complexity index is 1150. The predicted octanol–water partition coefficient (Wildman–Crippen LogP) is 4.13. The van der Waals surface area contributed by atoms with Crippen LogP contribution in [-0.2, 0) is 19.4 Å². The molecule has 3 heterocycles. The van der Waals surface area contributed by atoms with Gasteiger partial charge < -0.3 is 5.32 Å². The monoisotopic (exact) mass is 382 g/mol. The van der Waals surface area contributed by atoms with Crippen LogP contribution < -0.4 is 5.32 Å². The first-order valence-corrected chi connectivity index (χ1v) is 9.92. The summed E-state index contributed by atoms with van der Waals surface area (Å²) in [6.45, 7) is 2.68. The summed E-state index contributed by atoms with van der Waals surface area (Å²) in [5.41, 5.74) is 6.65. The zero-order valence-electron chi connectivity index (χ0n) is 16.3. The second-order valence-corrected chi connectivity index (χ2v) is 7.29. The van der Waals surface area contributed by atoms with Gasteiger partial charge in [0.2, 0.25) is 0 Å². The van der Waals surface area contributed by atoms with E-state index in [9.17, 15) is 0 Å². The third-order valence-electron chi connectivity index (χ3n) is 5.28. The predicted molar refractivity (Wildman–Crippen MR) is 113 cm³/mol. The summed E-state index contributed by atoms with van der Waals surface area (Å²) in [7, 11) is 0. The quantitative estimate of drug-likeness (QED) is 0.562. The molecule has 0 saturated heterocycles. The third-order valence-corrected chi connectivity index (χ3v) is 5.28. The molecule has 0 spiro atoms. The molecule has 1 N–H and O–H groups in total. The number of nitrogens with one attached hydrogen (secondary N) is 1. The van der Waals surface area contributed by atoms with Crippen LogP contribution in [0.4, 0.5) is 5.82 Å². The van der Waals surface area contributed by atoms with E-state index in [1.165, 1.54) is 11.1 Å². The third kappa shape index (κ3) is 3.49. The van der Waals surface area contributed by atoms with E-state index in [2.05, 4.69) is 33.6 Å². The molecular weight excluding hydrogens is 360 g/mol. The maximum atomic E-state index is 4.86. The minimum absolute atomic E-state index is 0.675. The van der Waals surface area contributed by atoms with Gasteiger partial charge in [0, 0.05) is 42.0 Å². The first-order chi connectivity index (χ1) is 14.3. The normalized spacial score (nSPS) is 12.7. The van der Waals surface area contributed by atoms with Crippen molar-refractivity contribution in [3.05, 3.63) is 83.6 Å². The van der Waals surface area contributed by atoms with Crippen LogP contribution in [0.2, 0.25) is 0 Å². The molecular formula is C23H22N6. The van der Waals surface area contributed by atoms with E-state index in [1.807, 2.05) is 42.1 Å².